The first-order valence-corrected chi connectivity index (χ1v) is 5.98. The predicted octanol–water partition coefficient (Wildman–Crippen LogP) is 4.79. The lowest BCUT2D eigenvalue weighted by molar-refractivity contribution is -0.137. The zero-order valence-electron chi connectivity index (χ0n) is 10.2. The summed E-state index contributed by atoms with van der Waals surface area (Å²) in [5.41, 5.74) is 1.31. The number of rotatable bonds is 4. The van der Waals surface area contributed by atoms with Crippen LogP contribution in [0.25, 0.3) is 0 Å². The zero-order valence-corrected chi connectivity index (χ0v) is 10.2. The van der Waals surface area contributed by atoms with E-state index >= 15 is 0 Å². The average Bonchev–Trinajstić information content (AvgIpc) is 2.39. The molecule has 0 spiro atoms. The fourth-order valence-electron chi connectivity index (χ4n) is 1.90. The van der Waals surface area contributed by atoms with E-state index in [-0.39, 0.29) is 0 Å². The van der Waals surface area contributed by atoms with Gasteiger partial charge in [-0.2, -0.15) is 13.2 Å². The van der Waals surface area contributed by atoms with Gasteiger partial charge in [0, 0.05) is 5.69 Å². The normalized spacial score (nSPS) is 13.0. The van der Waals surface area contributed by atoms with Crippen LogP contribution < -0.4 is 5.32 Å². The molecular formula is C15H14F3N. The molecule has 2 aromatic rings. The van der Waals surface area contributed by atoms with E-state index in [1.54, 1.807) is 54.6 Å². The van der Waals surface area contributed by atoms with E-state index in [9.17, 15) is 13.2 Å². The average molecular weight is 265 g/mol. The Balaban J connectivity index is 2.20. The maximum Gasteiger partial charge on any atom is 0.391 e. The highest BCUT2D eigenvalue weighted by molar-refractivity contribution is 5.45. The van der Waals surface area contributed by atoms with Gasteiger partial charge >= 0.3 is 6.18 Å². The topological polar surface area (TPSA) is 12.0 Å². The minimum Gasteiger partial charge on any atom is -0.378 e. The van der Waals surface area contributed by atoms with Gasteiger partial charge in [0.15, 0.2) is 0 Å². The number of anilines is 1. The molecule has 0 aliphatic carbocycles. The van der Waals surface area contributed by atoms with Crippen LogP contribution in [0.4, 0.5) is 18.9 Å². The molecule has 0 aromatic heterocycles. The molecule has 0 radical (unpaired) electrons. The third-order valence-corrected chi connectivity index (χ3v) is 2.75. The minimum atomic E-state index is -4.21. The smallest absolute Gasteiger partial charge is 0.378 e. The molecule has 0 saturated carbocycles. The van der Waals surface area contributed by atoms with Crippen LogP contribution in [0.15, 0.2) is 60.7 Å². The van der Waals surface area contributed by atoms with Crippen molar-refractivity contribution < 1.29 is 13.2 Å². The molecule has 0 saturated heterocycles. The molecule has 1 N–H and O–H groups in total. The van der Waals surface area contributed by atoms with Crippen molar-refractivity contribution in [2.45, 2.75) is 18.6 Å². The Morgan fingerprint density at radius 2 is 1.37 bits per heavy atom. The molecule has 0 aliphatic rings. The molecule has 0 heterocycles. The van der Waals surface area contributed by atoms with Crippen LogP contribution in [0.1, 0.15) is 18.0 Å². The Morgan fingerprint density at radius 3 is 1.89 bits per heavy atom. The van der Waals surface area contributed by atoms with Crippen LogP contribution in [0.2, 0.25) is 0 Å². The standard InChI is InChI=1S/C15H14F3N/c16-15(17,18)11-14(12-7-3-1-4-8-12)19-13-9-5-2-6-10-13/h1-10,14,19H,11H2. The minimum absolute atomic E-state index is 0.628. The SMILES string of the molecule is FC(F)(F)CC(Nc1ccccc1)c1ccccc1. The molecule has 19 heavy (non-hydrogen) atoms. The first-order valence-electron chi connectivity index (χ1n) is 5.98. The largest absolute Gasteiger partial charge is 0.391 e. The molecule has 1 atom stereocenters. The lowest BCUT2D eigenvalue weighted by Gasteiger charge is -2.21. The van der Waals surface area contributed by atoms with E-state index in [1.807, 2.05) is 6.07 Å². The summed E-state index contributed by atoms with van der Waals surface area (Å²) in [6.07, 6.45) is -5.10. The number of alkyl halides is 3. The fraction of sp³-hybridized carbons (Fsp3) is 0.200. The fourth-order valence-corrected chi connectivity index (χ4v) is 1.90. The maximum absolute atomic E-state index is 12.7. The second-order valence-electron chi connectivity index (χ2n) is 4.29. The van der Waals surface area contributed by atoms with E-state index < -0.39 is 18.6 Å². The van der Waals surface area contributed by atoms with Gasteiger partial charge in [0.1, 0.15) is 0 Å². The van der Waals surface area contributed by atoms with Gasteiger partial charge in [-0.1, -0.05) is 48.5 Å². The highest BCUT2D eigenvalue weighted by atomic mass is 19.4. The van der Waals surface area contributed by atoms with Crippen LogP contribution in [-0.4, -0.2) is 6.18 Å². The molecule has 0 amide bonds. The van der Waals surface area contributed by atoms with Gasteiger partial charge in [-0.05, 0) is 17.7 Å². The summed E-state index contributed by atoms with van der Waals surface area (Å²) in [5.74, 6) is 0. The molecule has 0 bridgehead atoms. The molecule has 4 heteroatoms. The second-order valence-corrected chi connectivity index (χ2v) is 4.29. The van der Waals surface area contributed by atoms with Gasteiger partial charge < -0.3 is 5.32 Å². The van der Waals surface area contributed by atoms with Crippen LogP contribution in [0.3, 0.4) is 0 Å². The number of hydrogen-bond acceptors (Lipinski definition) is 1. The number of nitrogens with one attached hydrogen (secondary N) is 1. The Kier molecular flexibility index (Phi) is 4.10. The summed E-state index contributed by atoms with van der Waals surface area (Å²) >= 11 is 0. The van der Waals surface area contributed by atoms with Gasteiger partial charge in [0.2, 0.25) is 0 Å². The monoisotopic (exact) mass is 265 g/mol. The van der Waals surface area contributed by atoms with Gasteiger partial charge in [0.25, 0.3) is 0 Å². The van der Waals surface area contributed by atoms with Crippen molar-refractivity contribution in [2.24, 2.45) is 0 Å². The van der Waals surface area contributed by atoms with E-state index in [4.69, 9.17) is 0 Å². The lowest BCUT2D eigenvalue weighted by Crippen LogP contribution is -2.20. The highest BCUT2D eigenvalue weighted by Crippen LogP contribution is 2.31. The van der Waals surface area contributed by atoms with E-state index in [1.165, 1.54) is 0 Å². The first kappa shape index (κ1) is 13.5. The molecule has 1 unspecified atom stereocenters. The first-order chi connectivity index (χ1) is 9.04. The summed E-state index contributed by atoms with van der Waals surface area (Å²) in [4.78, 5) is 0. The van der Waals surface area contributed by atoms with E-state index in [0.717, 1.165) is 0 Å². The molecule has 2 rings (SSSR count). The van der Waals surface area contributed by atoms with Crippen molar-refractivity contribution in [1.29, 1.82) is 0 Å². The third-order valence-electron chi connectivity index (χ3n) is 2.75. The molecule has 100 valence electrons. The Bertz CT molecular complexity index is 494. The van der Waals surface area contributed by atoms with Crippen molar-refractivity contribution in [2.75, 3.05) is 5.32 Å². The lowest BCUT2D eigenvalue weighted by atomic mass is 10.0. The molecule has 1 nitrogen and oxygen atoms in total. The van der Waals surface area contributed by atoms with Gasteiger partial charge in [-0.25, -0.2) is 0 Å². The number of benzene rings is 2. The van der Waals surface area contributed by atoms with Gasteiger partial charge in [-0.15, -0.1) is 0 Å². The predicted molar refractivity (Wildman–Crippen MR) is 69.9 cm³/mol. The quantitative estimate of drug-likeness (QED) is 0.837. The van der Waals surface area contributed by atoms with Crippen LogP contribution >= 0.6 is 0 Å². The third kappa shape index (κ3) is 4.32. The van der Waals surface area contributed by atoms with Crippen LogP contribution in [0.5, 0.6) is 0 Å². The van der Waals surface area contributed by atoms with Gasteiger partial charge in [-0.3, -0.25) is 0 Å². The highest BCUT2D eigenvalue weighted by Gasteiger charge is 2.32. The summed E-state index contributed by atoms with van der Waals surface area (Å²) in [6, 6.07) is 16.8. The second kappa shape index (κ2) is 5.78. The molecular weight excluding hydrogens is 251 g/mol. The van der Waals surface area contributed by atoms with E-state index in [2.05, 4.69) is 5.32 Å². The van der Waals surface area contributed by atoms with Crippen LogP contribution in [-0.2, 0) is 0 Å². The summed E-state index contributed by atoms with van der Waals surface area (Å²) in [6.45, 7) is 0. The Labute approximate surface area is 110 Å². The Hall–Kier alpha value is -1.97. The summed E-state index contributed by atoms with van der Waals surface area (Å²) in [5, 5.41) is 2.93. The molecule has 0 aliphatic heterocycles. The van der Waals surface area contributed by atoms with Crippen molar-refractivity contribution >= 4 is 5.69 Å². The number of para-hydroxylation sites is 1. The van der Waals surface area contributed by atoms with Crippen molar-refractivity contribution in [3.8, 4) is 0 Å². The van der Waals surface area contributed by atoms with Gasteiger partial charge in [0.05, 0.1) is 12.5 Å². The van der Waals surface area contributed by atoms with Crippen molar-refractivity contribution in [3.05, 3.63) is 66.2 Å². The number of hydrogen-bond donors (Lipinski definition) is 1. The van der Waals surface area contributed by atoms with Crippen LogP contribution in [0, 0.1) is 0 Å². The summed E-state index contributed by atoms with van der Waals surface area (Å²) in [7, 11) is 0. The Morgan fingerprint density at radius 1 is 0.842 bits per heavy atom. The molecule has 0 fully saturated rings. The van der Waals surface area contributed by atoms with Crippen molar-refractivity contribution in [3.63, 3.8) is 0 Å². The summed E-state index contributed by atoms with van der Waals surface area (Å²) < 4.78 is 38.0. The van der Waals surface area contributed by atoms with E-state index in [0.29, 0.717) is 11.3 Å². The zero-order chi connectivity index (χ0) is 13.7. The van der Waals surface area contributed by atoms with Crippen molar-refractivity contribution in [1.82, 2.24) is 0 Å². The maximum atomic E-state index is 12.7. The number of halogens is 3. The molecule has 2 aromatic carbocycles.